The smallest absolute Gasteiger partial charge is 0.183 e. The average molecular weight is 293 g/mol. The lowest BCUT2D eigenvalue weighted by atomic mass is 10.1. The Hall–Kier alpha value is -1.30. The summed E-state index contributed by atoms with van der Waals surface area (Å²) in [5.41, 5.74) is 0. The van der Waals surface area contributed by atoms with Gasteiger partial charge in [-0.1, -0.05) is 22.4 Å². The van der Waals surface area contributed by atoms with Gasteiger partial charge in [-0.15, -0.1) is 4.31 Å². The minimum Gasteiger partial charge on any atom is -0.315 e. The van der Waals surface area contributed by atoms with Crippen LogP contribution < -0.4 is 5.32 Å². The number of fused-ring (bicyclic) bond motifs is 1. The summed E-state index contributed by atoms with van der Waals surface area (Å²) in [6.07, 6.45) is 0.997. The predicted octanol–water partition coefficient (Wildman–Crippen LogP) is 2.24. The van der Waals surface area contributed by atoms with Gasteiger partial charge in [-0.05, 0) is 31.7 Å². The topological polar surface area (TPSA) is 32.3 Å². The van der Waals surface area contributed by atoms with Gasteiger partial charge >= 0.3 is 0 Å². The zero-order valence-corrected chi connectivity index (χ0v) is 12.2. The minimum absolute atomic E-state index is 0.262. The summed E-state index contributed by atoms with van der Waals surface area (Å²) in [6.45, 7) is 1.59. The van der Waals surface area contributed by atoms with Gasteiger partial charge in [-0.25, -0.2) is 4.39 Å². The molecular formula is C15H18FN2OS+. The monoisotopic (exact) mass is 293 g/mol. The molecule has 1 fully saturated rings. The number of nitrogens with one attached hydrogen (secondary N) is 1. The molecule has 0 aromatic heterocycles. The van der Waals surface area contributed by atoms with Crippen molar-refractivity contribution in [3.8, 4) is 0 Å². The lowest BCUT2D eigenvalue weighted by Crippen LogP contribution is -2.30. The SMILES string of the molecule is CN[C@@H]1CCN([SH+](=O)c2ccc(F)c3ccccc23)C1. The van der Waals surface area contributed by atoms with Crippen molar-refractivity contribution in [1.82, 2.24) is 9.62 Å². The van der Waals surface area contributed by atoms with Crippen molar-refractivity contribution in [1.29, 1.82) is 0 Å². The van der Waals surface area contributed by atoms with Gasteiger partial charge in [-0.2, -0.15) is 0 Å². The van der Waals surface area contributed by atoms with Gasteiger partial charge in [0.2, 0.25) is 0 Å². The second kappa shape index (κ2) is 5.60. The first kappa shape index (κ1) is 13.7. The van der Waals surface area contributed by atoms with Crippen LogP contribution in [0, 0.1) is 5.82 Å². The molecule has 1 aliphatic heterocycles. The maximum atomic E-state index is 13.8. The predicted molar refractivity (Wildman–Crippen MR) is 80.7 cm³/mol. The molecule has 5 heteroatoms. The Bertz CT molecular complexity index is 661. The summed E-state index contributed by atoms with van der Waals surface area (Å²) < 4.78 is 28.5. The second-order valence-corrected chi connectivity index (χ2v) is 6.67. The normalized spacial score (nSPS) is 21.4. The van der Waals surface area contributed by atoms with Gasteiger partial charge in [0.25, 0.3) is 0 Å². The molecule has 2 aromatic carbocycles. The van der Waals surface area contributed by atoms with E-state index >= 15 is 0 Å². The molecule has 0 amide bonds. The summed E-state index contributed by atoms with van der Waals surface area (Å²) in [7, 11) is 0.280. The van der Waals surface area contributed by atoms with Crippen LogP contribution in [0.15, 0.2) is 41.3 Å². The van der Waals surface area contributed by atoms with Crippen LogP contribution in [-0.2, 0) is 15.2 Å². The molecule has 1 unspecified atom stereocenters. The van der Waals surface area contributed by atoms with Gasteiger partial charge in [0.1, 0.15) is 5.82 Å². The van der Waals surface area contributed by atoms with Crippen LogP contribution in [0.1, 0.15) is 6.42 Å². The number of thiol groups is 1. The second-order valence-electron chi connectivity index (χ2n) is 5.07. The maximum Gasteiger partial charge on any atom is 0.183 e. The van der Waals surface area contributed by atoms with Crippen molar-refractivity contribution < 1.29 is 8.60 Å². The molecule has 1 heterocycles. The molecule has 0 bridgehead atoms. The van der Waals surface area contributed by atoms with Crippen molar-refractivity contribution in [2.45, 2.75) is 17.4 Å². The Kier molecular flexibility index (Phi) is 3.83. The molecule has 1 saturated heterocycles. The number of rotatable bonds is 3. The molecule has 2 aromatic rings. The van der Waals surface area contributed by atoms with Crippen LogP contribution in [0.25, 0.3) is 10.8 Å². The first-order valence-electron chi connectivity index (χ1n) is 6.77. The molecule has 1 aliphatic rings. The van der Waals surface area contributed by atoms with Crippen LogP contribution >= 0.6 is 0 Å². The molecule has 1 N–H and O–H groups in total. The molecule has 0 saturated carbocycles. The standard InChI is InChI=1S/C15H17FN2OS/c1-17-11-8-9-18(10-11)20(19)15-7-6-14(16)12-4-2-3-5-13(12)15/h2-7,11,17H,8-10H2,1H3/p+1/t11-,20?/m1/s1. The molecule has 106 valence electrons. The molecule has 0 spiro atoms. The highest BCUT2D eigenvalue weighted by Crippen LogP contribution is 2.27. The van der Waals surface area contributed by atoms with Crippen molar-refractivity contribution in [2.24, 2.45) is 0 Å². The summed E-state index contributed by atoms with van der Waals surface area (Å²) >= 11 is 0. The van der Waals surface area contributed by atoms with E-state index in [1.54, 1.807) is 18.2 Å². The highest BCUT2D eigenvalue weighted by Gasteiger charge is 2.31. The lowest BCUT2D eigenvalue weighted by molar-refractivity contribution is 0.491. The Morgan fingerprint density at radius 3 is 2.70 bits per heavy atom. The quantitative estimate of drug-likeness (QED) is 0.695. The Balaban J connectivity index is 1.98. The third kappa shape index (κ3) is 2.37. The van der Waals surface area contributed by atoms with E-state index in [1.165, 1.54) is 6.07 Å². The zero-order chi connectivity index (χ0) is 14.1. The van der Waals surface area contributed by atoms with E-state index in [4.69, 9.17) is 0 Å². The Morgan fingerprint density at radius 2 is 2.00 bits per heavy atom. The largest absolute Gasteiger partial charge is 0.315 e. The maximum absolute atomic E-state index is 13.8. The molecule has 20 heavy (non-hydrogen) atoms. The van der Waals surface area contributed by atoms with Crippen LogP contribution in [0.3, 0.4) is 0 Å². The highest BCUT2D eigenvalue weighted by atomic mass is 32.2. The van der Waals surface area contributed by atoms with Gasteiger partial charge < -0.3 is 5.32 Å². The molecule has 0 aliphatic carbocycles. The fourth-order valence-corrected chi connectivity index (χ4v) is 4.26. The van der Waals surface area contributed by atoms with E-state index in [-0.39, 0.29) is 5.82 Å². The molecule has 2 atom stereocenters. The van der Waals surface area contributed by atoms with E-state index < -0.39 is 11.0 Å². The number of hydrogen-bond donors (Lipinski definition) is 1. The number of benzene rings is 2. The van der Waals surface area contributed by atoms with Crippen molar-refractivity contribution in [3.05, 3.63) is 42.2 Å². The number of hydrogen-bond acceptors (Lipinski definition) is 2. The summed E-state index contributed by atoms with van der Waals surface area (Å²) in [5.74, 6) is -0.262. The van der Waals surface area contributed by atoms with Crippen LogP contribution in [0.5, 0.6) is 0 Å². The summed E-state index contributed by atoms with van der Waals surface area (Å²) in [5, 5.41) is 4.51. The fourth-order valence-electron chi connectivity index (χ4n) is 2.71. The van der Waals surface area contributed by atoms with E-state index in [0.29, 0.717) is 11.4 Å². The van der Waals surface area contributed by atoms with Crippen LogP contribution in [0.4, 0.5) is 4.39 Å². The van der Waals surface area contributed by atoms with Crippen molar-refractivity contribution in [3.63, 3.8) is 0 Å². The summed E-state index contributed by atoms with van der Waals surface area (Å²) in [6, 6.07) is 10.7. The van der Waals surface area contributed by atoms with Crippen LogP contribution in [0.2, 0.25) is 0 Å². The molecular weight excluding hydrogens is 275 g/mol. The van der Waals surface area contributed by atoms with Crippen molar-refractivity contribution >= 4 is 21.8 Å². The van der Waals surface area contributed by atoms with Gasteiger partial charge in [0.15, 0.2) is 15.9 Å². The number of halogens is 1. The van der Waals surface area contributed by atoms with E-state index in [0.717, 1.165) is 29.8 Å². The fraction of sp³-hybridized carbons (Fsp3) is 0.333. The minimum atomic E-state index is -1.64. The third-order valence-electron chi connectivity index (χ3n) is 3.89. The van der Waals surface area contributed by atoms with Crippen molar-refractivity contribution in [2.75, 3.05) is 20.1 Å². The number of likely N-dealkylation sites (N-methyl/N-ethyl adjacent to an activating group) is 1. The van der Waals surface area contributed by atoms with E-state index in [9.17, 15) is 8.60 Å². The van der Waals surface area contributed by atoms with Crippen LogP contribution in [-0.4, -0.2) is 30.5 Å². The average Bonchev–Trinajstić information content (AvgIpc) is 2.96. The van der Waals surface area contributed by atoms with Gasteiger partial charge in [0, 0.05) is 23.4 Å². The van der Waals surface area contributed by atoms with E-state index in [2.05, 4.69) is 5.32 Å². The first-order valence-corrected chi connectivity index (χ1v) is 7.98. The first-order chi connectivity index (χ1) is 9.70. The summed E-state index contributed by atoms with van der Waals surface area (Å²) in [4.78, 5) is 0.730. The van der Waals surface area contributed by atoms with Gasteiger partial charge in [0.05, 0.1) is 6.54 Å². The number of nitrogens with zero attached hydrogens (tertiary/aromatic N) is 1. The lowest BCUT2D eigenvalue weighted by Gasteiger charge is -2.10. The van der Waals surface area contributed by atoms with E-state index in [1.807, 2.05) is 23.5 Å². The molecule has 0 radical (unpaired) electrons. The molecule has 3 nitrogen and oxygen atoms in total. The Morgan fingerprint density at radius 1 is 1.25 bits per heavy atom. The zero-order valence-electron chi connectivity index (χ0n) is 11.3. The van der Waals surface area contributed by atoms with Gasteiger partial charge in [-0.3, -0.25) is 0 Å². The third-order valence-corrected chi connectivity index (χ3v) is 5.57. The highest BCUT2D eigenvalue weighted by molar-refractivity contribution is 7.82. The Labute approximate surface area is 120 Å². The molecule has 3 rings (SSSR count).